The zero-order valence-corrected chi connectivity index (χ0v) is 23.4. The Balaban J connectivity index is 1.36. The van der Waals surface area contributed by atoms with E-state index in [1.54, 1.807) is 19.9 Å². The summed E-state index contributed by atoms with van der Waals surface area (Å²) in [5, 5.41) is 23.8. The van der Waals surface area contributed by atoms with Crippen LogP contribution in [-0.4, -0.2) is 72.0 Å². The molecule has 1 spiro atoms. The van der Waals surface area contributed by atoms with Crippen molar-refractivity contribution in [3.63, 3.8) is 0 Å². The van der Waals surface area contributed by atoms with Crippen LogP contribution in [0.3, 0.4) is 0 Å². The lowest BCUT2D eigenvalue weighted by molar-refractivity contribution is -0.146. The van der Waals surface area contributed by atoms with Crippen LogP contribution < -0.4 is 14.8 Å². The number of hydrogen-bond acceptors (Lipinski definition) is 6. The molecule has 0 radical (unpaired) electrons. The fraction of sp³-hybridized carbons (Fsp3) is 0.500. The Labute approximate surface area is 232 Å². The van der Waals surface area contributed by atoms with Gasteiger partial charge in [-0.3, -0.25) is 9.59 Å². The molecule has 206 valence electrons. The quantitative estimate of drug-likeness (QED) is 0.418. The third-order valence-corrected chi connectivity index (χ3v) is 7.95. The number of β-amino-alcohol motifs (C(OH)–C–C–N with tert-alkyl or cyclic N) is 1. The number of rotatable bonds is 9. The van der Waals surface area contributed by atoms with Gasteiger partial charge in [0.2, 0.25) is 0 Å². The molecule has 0 unspecified atom stereocenters. The largest absolute Gasteiger partial charge is 0.490 e. The monoisotopic (exact) mass is 564 g/mol. The van der Waals surface area contributed by atoms with Crippen LogP contribution in [0.25, 0.3) is 0 Å². The zero-order valence-electron chi connectivity index (χ0n) is 21.9. The number of ether oxygens (including phenoxy) is 2. The molecule has 3 N–H and O–H groups in total. The van der Waals surface area contributed by atoms with Crippen LogP contribution in [-0.2, 0) is 17.6 Å². The zero-order chi connectivity index (χ0) is 27.7. The van der Waals surface area contributed by atoms with Crippen molar-refractivity contribution in [2.75, 3.05) is 33.3 Å². The number of carboxylic acids is 1. The highest BCUT2D eigenvalue weighted by Crippen LogP contribution is 2.42. The van der Waals surface area contributed by atoms with Crippen molar-refractivity contribution in [2.45, 2.75) is 51.2 Å². The fourth-order valence-electron chi connectivity index (χ4n) is 5.08. The van der Waals surface area contributed by atoms with E-state index < -0.39 is 17.5 Å². The first-order valence-electron chi connectivity index (χ1n) is 12.7. The maximum Gasteiger partial charge on any atom is 0.309 e. The number of carbonyl (C=O) groups is 2. The number of amides is 1. The number of halogens is 2. The molecule has 38 heavy (non-hydrogen) atoms. The van der Waals surface area contributed by atoms with Crippen molar-refractivity contribution in [1.82, 2.24) is 10.2 Å². The first kappa shape index (κ1) is 28.5. The van der Waals surface area contributed by atoms with E-state index in [4.69, 9.17) is 32.7 Å². The Morgan fingerprint density at radius 3 is 2.58 bits per heavy atom. The molecule has 0 aliphatic carbocycles. The maximum atomic E-state index is 12.4. The lowest BCUT2D eigenvalue weighted by atomic mass is 9.85. The summed E-state index contributed by atoms with van der Waals surface area (Å²) >= 11 is 12.5. The van der Waals surface area contributed by atoms with Gasteiger partial charge < -0.3 is 29.9 Å². The molecule has 2 aromatic rings. The van der Waals surface area contributed by atoms with E-state index in [-0.39, 0.29) is 40.9 Å². The van der Waals surface area contributed by atoms with Crippen molar-refractivity contribution >= 4 is 35.1 Å². The lowest BCUT2D eigenvalue weighted by Crippen LogP contribution is -2.49. The first-order valence-corrected chi connectivity index (χ1v) is 13.5. The number of carbonyl (C=O) groups excluding carboxylic acids is 1. The maximum absolute atomic E-state index is 12.4. The smallest absolute Gasteiger partial charge is 0.309 e. The standard InChI is InChI=1S/C28H34Cl2N2O6/c1-27(2,26(35)36)13-17-11-24(21(12-22(17)30)25(34)31-3)37-16-20(33)15-32-8-6-28(7-9-32)14-18-10-19(29)4-5-23(18)38-28/h4-5,10-12,20,33H,6-9,13-16H2,1-3H3,(H,31,34)(H,35,36)/t20-/m0/s1. The number of benzene rings is 2. The molecule has 1 fully saturated rings. The molecule has 1 saturated heterocycles. The van der Waals surface area contributed by atoms with Crippen LogP contribution >= 0.6 is 23.2 Å². The summed E-state index contributed by atoms with van der Waals surface area (Å²) in [5.41, 5.74) is 0.630. The molecule has 0 saturated carbocycles. The summed E-state index contributed by atoms with van der Waals surface area (Å²) in [4.78, 5) is 26.2. The minimum absolute atomic E-state index is 0.0323. The van der Waals surface area contributed by atoms with Gasteiger partial charge in [0, 0.05) is 56.0 Å². The van der Waals surface area contributed by atoms with Crippen LogP contribution in [0.4, 0.5) is 0 Å². The van der Waals surface area contributed by atoms with Crippen LogP contribution in [0.15, 0.2) is 30.3 Å². The van der Waals surface area contributed by atoms with Gasteiger partial charge in [-0.15, -0.1) is 0 Å². The molecular weight excluding hydrogens is 531 g/mol. The molecule has 10 heteroatoms. The third kappa shape index (κ3) is 6.37. The number of nitrogens with one attached hydrogen (secondary N) is 1. The molecule has 8 nitrogen and oxygen atoms in total. The molecule has 1 atom stereocenters. The van der Waals surface area contributed by atoms with E-state index in [0.717, 1.165) is 43.7 Å². The highest BCUT2D eigenvalue weighted by molar-refractivity contribution is 6.32. The second kappa shape index (κ2) is 11.3. The van der Waals surface area contributed by atoms with Gasteiger partial charge in [-0.05, 0) is 61.7 Å². The number of aliphatic hydroxyl groups excluding tert-OH is 1. The average Bonchev–Trinajstić information content (AvgIpc) is 3.21. The van der Waals surface area contributed by atoms with Gasteiger partial charge in [-0.2, -0.15) is 0 Å². The van der Waals surface area contributed by atoms with Gasteiger partial charge in [0.15, 0.2) is 0 Å². The van der Waals surface area contributed by atoms with Crippen LogP contribution in [0, 0.1) is 5.41 Å². The Hall–Kier alpha value is -2.52. The molecule has 2 aliphatic heterocycles. The molecule has 0 bridgehead atoms. The van der Waals surface area contributed by atoms with Crippen molar-refractivity contribution in [3.8, 4) is 11.5 Å². The predicted molar refractivity (Wildman–Crippen MR) is 146 cm³/mol. The van der Waals surface area contributed by atoms with Crippen molar-refractivity contribution in [1.29, 1.82) is 0 Å². The Kier molecular flexibility index (Phi) is 8.47. The molecule has 4 rings (SSSR count). The third-order valence-electron chi connectivity index (χ3n) is 7.36. The van der Waals surface area contributed by atoms with Gasteiger partial charge in [0.1, 0.15) is 29.8 Å². The molecule has 2 heterocycles. The lowest BCUT2D eigenvalue weighted by Gasteiger charge is -2.39. The van der Waals surface area contributed by atoms with E-state index in [1.807, 2.05) is 18.2 Å². The topological polar surface area (TPSA) is 108 Å². The summed E-state index contributed by atoms with van der Waals surface area (Å²) in [5.74, 6) is -0.198. The first-order chi connectivity index (χ1) is 17.9. The summed E-state index contributed by atoms with van der Waals surface area (Å²) in [6, 6.07) is 8.81. The fourth-order valence-corrected chi connectivity index (χ4v) is 5.50. The highest BCUT2D eigenvalue weighted by atomic mass is 35.5. The van der Waals surface area contributed by atoms with E-state index >= 15 is 0 Å². The number of aliphatic carboxylic acids is 1. The number of aliphatic hydroxyl groups is 1. The summed E-state index contributed by atoms with van der Waals surface area (Å²) in [7, 11) is 1.50. The number of hydrogen-bond donors (Lipinski definition) is 3. The molecule has 1 amide bonds. The van der Waals surface area contributed by atoms with Crippen molar-refractivity contribution in [3.05, 3.63) is 57.1 Å². The van der Waals surface area contributed by atoms with Gasteiger partial charge >= 0.3 is 5.97 Å². The number of carboxylic acid groups (broad SMARTS) is 1. The van der Waals surface area contributed by atoms with Gasteiger partial charge in [0.25, 0.3) is 5.91 Å². The average molecular weight is 565 g/mol. The van der Waals surface area contributed by atoms with Gasteiger partial charge in [-0.1, -0.05) is 23.2 Å². The van der Waals surface area contributed by atoms with Gasteiger partial charge in [-0.25, -0.2) is 0 Å². The minimum atomic E-state index is -1.06. The Morgan fingerprint density at radius 1 is 1.21 bits per heavy atom. The number of nitrogens with zero attached hydrogens (tertiary/aromatic N) is 1. The molecule has 2 aliphatic rings. The second-order valence-corrected chi connectivity index (χ2v) is 11.7. The number of fused-ring (bicyclic) bond motifs is 1. The second-order valence-electron chi connectivity index (χ2n) is 10.9. The van der Waals surface area contributed by atoms with Crippen LogP contribution in [0.5, 0.6) is 11.5 Å². The normalized spacial score (nSPS) is 17.5. The van der Waals surface area contributed by atoms with E-state index in [2.05, 4.69) is 10.2 Å². The summed E-state index contributed by atoms with van der Waals surface area (Å²) in [6.07, 6.45) is 1.88. The van der Waals surface area contributed by atoms with E-state index in [1.165, 1.54) is 13.1 Å². The number of likely N-dealkylation sites (tertiary alicyclic amines) is 1. The SMILES string of the molecule is CNC(=O)c1cc(Cl)c(CC(C)(C)C(=O)O)cc1OC[C@@H](O)CN1CCC2(CC1)Cc1cc(Cl)ccc1O2. The van der Waals surface area contributed by atoms with Gasteiger partial charge in [0.05, 0.1) is 11.0 Å². The van der Waals surface area contributed by atoms with E-state index in [0.29, 0.717) is 17.1 Å². The minimum Gasteiger partial charge on any atom is -0.490 e. The van der Waals surface area contributed by atoms with Crippen LogP contribution in [0.1, 0.15) is 48.2 Å². The predicted octanol–water partition coefficient (Wildman–Crippen LogP) is 4.22. The number of piperidine rings is 1. The molecule has 0 aromatic heterocycles. The Morgan fingerprint density at radius 2 is 1.92 bits per heavy atom. The van der Waals surface area contributed by atoms with Crippen molar-refractivity contribution < 1.29 is 29.3 Å². The summed E-state index contributed by atoms with van der Waals surface area (Å²) in [6.45, 7) is 5.15. The van der Waals surface area contributed by atoms with Crippen molar-refractivity contribution in [2.24, 2.45) is 5.41 Å². The Bertz CT molecular complexity index is 1210. The highest BCUT2D eigenvalue weighted by Gasteiger charge is 2.42. The molecular formula is C28H34Cl2N2O6. The van der Waals surface area contributed by atoms with Crippen LogP contribution in [0.2, 0.25) is 10.0 Å². The summed E-state index contributed by atoms with van der Waals surface area (Å²) < 4.78 is 12.2. The van der Waals surface area contributed by atoms with E-state index in [9.17, 15) is 19.8 Å². The molecule has 2 aromatic carbocycles.